The molecule has 0 aliphatic rings. The van der Waals surface area contributed by atoms with Gasteiger partial charge in [0.2, 0.25) is 0 Å². The van der Waals surface area contributed by atoms with Gasteiger partial charge in [0, 0.05) is 5.56 Å². The zero-order valence-electron chi connectivity index (χ0n) is 13.5. The van der Waals surface area contributed by atoms with Crippen molar-refractivity contribution in [2.24, 2.45) is 0 Å². The normalized spacial score (nSPS) is 10.0. The minimum Gasteiger partial charge on any atom is -0.482 e. The smallest absolute Gasteiger partial charge is 0.344 e. The summed E-state index contributed by atoms with van der Waals surface area (Å²) in [6.07, 6.45) is 0. The second kappa shape index (κ2) is 8.58. The number of nitrogens with one attached hydrogen (secondary N) is 1. The lowest BCUT2D eigenvalue weighted by molar-refractivity contribution is -0.149. The first kappa shape index (κ1) is 18.1. The lowest BCUT2D eigenvalue weighted by Crippen LogP contribution is -2.24. The van der Waals surface area contributed by atoms with Crippen molar-refractivity contribution in [1.29, 1.82) is 0 Å². The largest absolute Gasteiger partial charge is 0.482 e. The fourth-order valence-corrected chi connectivity index (χ4v) is 1.86. The molecule has 7 heteroatoms. The van der Waals surface area contributed by atoms with E-state index in [1.165, 1.54) is 25.1 Å². The quantitative estimate of drug-likeness (QED) is 0.616. The van der Waals surface area contributed by atoms with Gasteiger partial charge in [0.1, 0.15) is 11.6 Å². The number of halogens is 1. The summed E-state index contributed by atoms with van der Waals surface area (Å²) in [5.41, 5.74) is 0.533. The summed E-state index contributed by atoms with van der Waals surface area (Å²) in [4.78, 5) is 34.3. The monoisotopic (exact) mass is 345 g/mol. The summed E-state index contributed by atoms with van der Waals surface area (Å²) < 4.78 is 23.3. The van der Waals surface area contributed by atoms with E-state index in [2.05, 4.69) is 5.32 Å². The Morgan fingerprint density at radius 2 is 1.68 bits per heavy atom. The maximum absolute atomic E-state index is 13.4. The Labute approximate surface area is 143 Å². The molecule has 0 atom stereocenters. The number of carbonyl (C=O) groups is 3. The highest BCUT2D eigenvalue weighted by Crippen LogP contribution is 2.13. The highest BCUT2D eigenvalue weighted by molar-refractivity contribution is 5.94. The zero-order chi connectivity index (χ0) is 18.2. The highest BCUT2D eigenvalue weighted by atomic mass is 19.1. The van der Waals surface area contributed by atoms with Crippen molar-refractivity contribution in [2.45, 2.75) is 6.92 Å². The molecule has 0 aromatic heterocycles. The van der Waals surface area contributed by atoms with Crippen LogP contribution in [0.2, 0.25) is 0 Å². The maximum atomic E-state index is 13.4. The Kier molecular flexibility index (Phi) is 6.22. The number of Topliss-reactive ketones (excluding diaryl/α,β-unsaturated/α-hetero) is 1. The van der Waals surface area contributed by atoms with Crippen LogP contribution in [0.3, 0.4) is 0 Å². The Balaban J connectivity index is 1.74. The molecule has 130 valence electrons. The Bertz CT molecular complexity index is 773. The van der Waals surface area contributed by atoms with Gasteiger partial charge in [-0.25, -0.2) is 9.18 Å². The van der Waals surface area contributed by atoms with Crippen molar-refractivity contribution in [3.05, 3.63) is 59.9 Å². The summed E-state index contributed by atoms with van der Waals surface area (Å²) in [6.45, 7) is 0.492. The fourth-order valence-electron chi connectivity index (χ4n) is 1.86. The van der Waals surface area contributed by atoms with Crippen LogP contribution in [-0.4, -0.2) is 30.9 Å². The lowest BCUT2D eigenvalue weighted by atomic mass is 10.1. The van der Waals surface area contributed by atoms with E-state index in [1.54, 1.807) is 30.3 Å². The van der Waals surface area contributed by atoms with Gasteiger partial charge < -0.3 is 14.8 Å². The zero-order valence-corrected chi connectivity index (χ0v) is 13.5. The van der Waals surface area contributed by atoms with E-state index in [-0.39, 0.29) is 11.5 Å². The van der Waals surface area contributed by atoms with Crippen molar-refractivity contribution in [3.63, 3.8) is 0 Å². The van der Waals surface area contributed by atoms with Crippen LogP contribution in [0.15, 0.2) is 48.5 Å². The third-order valence-corrected chi connectivity index (χ3v) is 3.13. The van der Waals surface area contributed by atoms with E-state index in [1.807, 2.05) is 0 Å². The van der Waals surface area contributed by atoms with Gasteiger partial charge in [-0.1, -0.05) is 12.1 Å². The minimum absolute atomic E-state index is 0.00496. The van der Waals surface area contributed by atoms with Crippen molar-refractivity contribution < 1.29 is 28.2 Å². The molecule has 0 radical (unpaired) electrons. The van der Waals surface area contributed by atoms with Gasteiger partial charge in [-0.05, 0) is 43.3 Å². The summed E-state index contributed by atoms with van der Waals surface area (Å²) in [7, 11) is 0. The van der Waals surface area contributed by atoms with Crippen LogP contribution < -0.4 is 10.1 Å². The third-order valence-electron chi connectivity index (χ3n) is 3.13. The molecule has 0 fully saturated rings. The lowest BCUT2D eigenvalue weighted by Gasteiger charge is -2.08. The van der Waals surface area contributed by atoms with Crippen molar-refractivity contribution >= 4 is 23.3 Å². The second-order valence-corrected chi connectivity index (χ2v) is 5.06. The number of ketones is 1. The molecule has 1 N–H and O–H groups in total. The minimum atomic E-state index is -0.751. The summed E-state index contributed by atoms with van der Waals surface area (Å²) in [5.74, 6) is -1.69. The van der Waals surface area contributed by atoms with Crippen molar-refractivity contribution in [2.75, 3.05) is 18.5 Å². The molecule has 0 aliphatic carbocycles. The van der Waals surface area contributed by atoms with Crippen molar-refractivity contribution in [3.8, 4) is 5.75 Å². The topological polar surface area (TPSA) is 81.7 Å². The molecule has 2 aromatic carbocycles. The second-order valence-electron chi connectivity index (χ2n) is 5.06. The van der Waals surface area contributed by atoms with E-state index < -0.39 is 30.9 Å². The molecule has 25 heavy (non-hydrogen) atoms. The SMILES string of the molecule is CC(=O)c1ccc(OCC(=O)OCC(=O)Nc2ccccc2F)cc1. The first-order chi connectivity index (χ1) is 12.0. The molecular formula is C18H16FNO5. The number of rotatable bonds is 7. The van der Waals surface area contributed by atoms with Gasteiger partial charge in [-0.15, -0.1) is 0 Å². The van der Waals surface area contributed by atoms with Crippen LogP contribution in [0.4, 0.5) is 10.1 Å². The van der Waals surface area contributed by atoms with E-state index in [0.29, 0.717) is 11.3 Å². The first-order valence-electron chi connectivity index (χ1n) is 7.39. The van der Waals surface area contributed by atoms with E-state index in [9.17, 15) is 18.8 Å². The van der Waals surface area contributed by atoms with Crippen LogP contribution in [-0.2, 0) is 14.3 Å². The molecule has 0 aliphatic heterocycles. The number of hydrogen-bond donors (Lipinski definition) is 1. The van der Waals surface area contributed by atoms with Gasteiger partial charge >= 0.3 is 5.97 Å². The van der Waals surface area contributed by atoms with Gasteiger partial charge in [-0.2, -0.15) is 0 Å². The van der Waals surface area contributed by atoms with E-state index in [0.717, 1.165) is 0 Å². The number of benzene rings is 2. The number of ether oxygens (including phenoxy) is 2. The Morgan fingerprint density at radius 1 is 1.00 bits per heavy atom. The molecule has 0 saturated heterocycles. The van der Waals surface area contributed by atoms with Crippen LogP contribution >= 0.6 is 0 Å². The Morgan fingerprint density at radius 3 is 2.32 bits per heavy atom. The fraction of sp³-hybridized carbons (Fsp3) is 0.167. The molecule has 0 spiro atoms. The van der Waals surface area contributed by atoms with Gasteiger partial charge in [0.15, 0.2) is 19.0 Å². The summed E-state index contributed by atoms with van der Waals surface area (Å²) in [6, 6.07) is 11.9. The number of para-hydroxylation sites is 1. The molecular weight excluding hydrogens is 329 g/mol. The number of hydrogen-bond acceptors (Lipinski definition) is 5. The molecule has 2 aromatic rings. The molecule has 0 unspecified atom stereocenters. The molecule has 6 nitrogen and oxygen atoms in total. The molecule has 0 heterocycles. The summed E-state index contributed by atoms with van der Waals surface area (Å²) >= 11 is 0. The predicted octanol–water partition coefficient (Wildman–Crippen LogP) is 2.59. The number of amides is 1. The van der Waals surface area contributed by atoms with E-state index >= 15 is 0 Å². The van der Waals surface area contributed by atoms with Crippen LogP contribution in [0.5, 0.6) is 5.75 Å². The van der Waals surface area contributed by atoms with Crippen LogP contribution in [0, 0.1) is 5.82 Å². The molecule has 1 amide bonds. The molecule has 0 bridgehead atoms. The Hall–Kier alpha value is -3.22. The maximum Gasteiger partial charge on any atom is 0.344 e. The van der Waals surface area contributed by atoms with Gasteiger partial charge in [0.25, 0.3) is 5.91 Å². The predicted molar refractivity (Wildman–Crippen MR) is 87.9 cm³/mol. The van der Waals surface area contributed by atoms with Crippen molar-refractivity contribution in [1.82, 2.24) is 0 Å². The molecule has 2 rings (SSSR count). The van der Waals surface area contributed by atoms with Crippen LogP contribution in [0.25, 0.3) is 0 Å². The van der Waals surface area contributed by atoms with E-state index in [4.69, 9.17) is 9.47 Å². The molecule has 0 saturated carbocycles. The van der Waals surface area contributed by atoms with Gasteiger partial charge in [-0.3, -0.25) is 9.59 Å². The number of anilines is 1. The third kappa shape index (κ3) is 5.72. The highest BCUT2D eigenvalue weighted by Gasteiger charge is 2.10. The first-order valence-corrected chi connectivity index (χ1v) is 7.39. The average molecular weight is 345 g/mol. The number of carbonyl (C=O) groups excluding carboxylic acids is 3. The van der Waals surface area contributed by atoms with Gasteiger partial charge in [0.05, 0.1) is 5.69 Å². The number of esters is 1. The van der Waals surface area contributed by atoms with Crippen LogP contribution in [0.1, 0.15) is 17.3 Å². The summed E-state index contributed by atoms with van der Waals surface area (Å²) in [5, 5.41) is 2.29. The standard InChI is InChI=1S/C18H16FNO5/c1-12(21)13-6-8-14(9-7-13)24-11-18(23)25-10-17(22)20-16-5-3-2-4-15(16)19/h2-9H,10-11H2,1H3,(H,20,22). The average Bonchev–Trinajstić information content (AvgIpc) is 2.60.